The van der Waals surface area contributed by atoms with E-state index < -0.39 is 18.0 Å². The Kier molecular flexibility index (Phi) is 4.82. The smallest absolute Gasteiger partial charge is 0.374 e. The zero-order chi connectivity index (χ0) is 17.1. The Hall–Kier alpha value is -2.38. The van der Waals surface area contributed by atoms with E-state index in [1.165, 1.54) is 12.1 Å². The van der Waals surface area contributed by atoms with E-state index in [1.807, 2.05) is 0 Å². The predicted octanol–water partition coefficient (Wildman–Crippen LogP) is 1.46. The molecule has 1 aliphatic heterocycles. The van der Waals surface area contributed by atoms with Crippen molar-refractivity contribution in [2.75, 3.05) is 32.9 Å². The van der Waals surface area contributed by atoms with Crippen LogP contribution in [-0.2, 0) is 14.3 Å². The molecule has 0 N–H and O–H groups in total. The second-order valence-corrected chi connectivity index (χ2v) is 5.62. The molecule has 0 atom stereocenters. The molecule has 1 amide bonds. The topological polar surface area (TPSA) is 86.0 Å². The van der Waals surface area contributed by atoms with Crippen molar-refractivity contribution in [1.82, 2.24) is 4.90 Å². The van der Waals surface area contributed by atoms with Gasteiger partial charge in [-0.25, -0.2) is 4.79 Å². The van der Waals surface area contributed by atoms with Crippen LogP contribution in [0.5, 0.6) is 0 Å². The fourth-order valence-corrected chi connectivity index (χ4v) is 2.50. The molecule has 0 bridgehead atoms. The van der Waals surface area contributed by atoms with E-state index in [2.05, 4.69) is 0 Å². The van der Waals surface area contributed by atoms with Crippen molar-refractivity contribution in [3.63, 3.8) is 0 Å². The van der Waals surface area contributed by atoms with Crippen LogP contribution < -0.4 is 5.43 Å². The number of carbonyl (C=O) groups excluding carboxylic acids is 2. The number of esters is 1. The quantitative estimate of drug-likeness (QED) is 0.778. The van der Waals surface area contributed by atoms with Gasteiger partial charge >= 0.3 is 5.97 Å². The third kappa shape index (κ3) is 3.58. The number of carbonyl (C=O) groups is 2. The highest BCUT2D eigenvalue weighted by atomic mass is 35.5. The molecule has 1 aliphatic rings. The Bertz CT molecular complexity index is 840. The Morgan fingerprint density at radius 3 is 2.71 bits per heavy atom. The largest absolute Gasteiger partial charge is 0.450 e. The highest BCUT2D eigenvalue weighted by Gasteiger charge is 2.20. The van der Waals surface area contributed by atoms with Gasteiger partial charge < -0.3 is 18.8 Å². The Morgan fingerprint density at radius 2 is 1.96 bits per heavy atom. The van der Waals surface area contributed by atoms with Crippen molar-refractivity contribution < 1.29 is 23.5 Å². The summed E-state index contributed by atoms with van der Waals surface area (Å²) < 4.78 is 15.4. The van der Waals surface area contributed by atoms with Gasteiger partial charge in [0.15, 0.2) is 12.0 Å². The van der Waals surface area contributed by atoms with Gasteiger partial charge in [-0.3, -0.25) is 9.59 Å². The fourth-order valence-electron chi connectivity index (χ4n) is 2.33. The standard InChI is InChI=1S/C16H14ClNO6/c17-10-1-2-13-11(7-10)12(19)8-14(24-13)16(21)23-9-15(20)18-3-5-22-6-4-18/h1-2,7-8H,3-6,9H2. The predicted molar refractivity (Wildman–Crippen MR) is 85.2 cm³/mol. The zero-order valence-electron chi connectivity index (χ0n) is 12.6. The normalized spacial score (nSPS) is 14.6. The summed E-state index contributed by atoms with van der Waals surface area (Å²) in [6.07, 6.45) is 0. The SMILES string of the molecule is O=C(OCC(=O)N1CCOCC1)c1cc(=O)c2cc(Cl)ccc2o1. The first-order valence-corrected chi connectivity index (χ1v) is 7.68. The first-order valence-electron chi connectivity index (χ1n) is 7.30. The number of halogens is 1. The van der Waals surface area contributed by atoms with E-state index in [1.54, 1.807) is 11.0 Å². The monoisotopic (exact) mass is 351 g/mol. The second kappa shape index (κ2) is 7.02. The van der Waals surface area contributed by atoms with Gasteiger partial charge in [0.1, 0.15) is 5.58 Å². The minimum atomic E-state index is -0.870. The van der Waals surface area contributed by atoms with E-state index in [9.17, 15) is 14.4 Å². The Labute approximate surface area is 141 Å². The van der Waals surface area contributed by atoms with Crippen molar-refractivity contribution in [3.05, 3.63) is 45.3 Å². The third-order valence-corrected chi connectivity index (χ3v) is 3.82. The summed E-state index contributed by atoms with van der Waals surface area (Å²) >= 11 is 5.83. The molecular formula is C16H14ClNO6. The van der Waals surface area contributed by atoms with E-state index in [0.717, 1.165) is 6.07 Å². The molecule has 0 spiro atoms. The Morgan fingerprint density at radius 1 is 1.21 bits per heavy atom. The van der Waals surface area contributed by atoms with Gasteiger partial charge in [-0.2, -0.15) is 0 Å². The summed E-state index contributed by atoms with van der Waals surface area (Å²) in [5, 5.41) is 0.657. The molecule has 1 fully saturated rings. The van der Waals surface area contributed by atoms with Gasteiger partial charge in [-0.15, -0.1) is 0 Å². The molecule has 1 aromatic carbocycles. The lowest BCUT2D eigenvalue weighted by atomic mass is 10.2. The maximum Gasteiger partial charge on any atom is 0.374 e. The van der Waals surface area contributed by atoms with Crippen LogP contribution in [0.4, 0.5) is 0 Å². The highest BCUT2D eigenvalue weighted by molar-refractivity contribution is 6.31. The molecule has 1 saturated heterocycles. The van der Waals surface area contributed by atoms with Gasteiger partial charge in [0.25, 0.3) is 5.91 Å². The van der Waals surface area contributed by atoms with Crippen LogP contribution in [0.3, 0.4) is 0 Å². The fraction of sp³-hybridized carbons (Fsp3) is 0.312. The molecule has 24 heavy (non-hydrogen) atoms. The average molecular weight is 352 g/mol. The molecule has 2 aromatic rings. The van der Waals surface area contributed by atoms with Crippen LogP contribution in [0.2, 0.25) is 5.02 Å². The molecule has 0 radical (unpaired) electrons. The number of benzene rings is 1. The van der Waals surface area contributed by atoms with Gasteiger partial charge in [-0.1, -0.05) is 11.6 Å². The Balaban J connectivity index is 1.71. The lowest BCUT2D eigenvalue weighted by Crippen LogP contribution is -2.42. The number of hydrogen-bond acceptors (Lipinski definition) is 6. The maximum atomic E-state index is 12.0. The van der Waals surface area contributed by atoms with Crippen LogP contribution in [-0.4, -0.2) is 49.7 Å². The molecule has 8 heteroatoms. The van der Waals surface area contributed by atoms with Gasteiger partial charge in [0.2, 0.25) is 5.76 Å². The van der Waals surface area contributed by atoms with E-state index in [0.29, 0.717) is 31.3 Å². The summed E-state index contributed by atoms with van der Waals surface area (Å²) in [5.41, 5.74) is -0.191. The second-order valence-electron chi connectivity index (χ2n) is 5.18. The van der Waals surface area contributed by atoms with Gasteiger partial charge in [0.05, 0.1) is 18.6 Å². The van der Waals surface area contributed by atoms with Crippen molar-refractivity contribution >= 4 is 34.4 Å². The van der Waals surface area contributed by atoms with E-state index in [-0.39, 0.29) is 22.6 Å². The number of morpholine rings is 1. The van der Waals surface area contributed by atoms with Gasteiger partial charge in [0, 0.05) is 24.2 Å². The van der Waals surface area contributed by atoms with Crippen LogP contribution in [0.1, 0.15) is 10.6 Å². The minimum Gasteiger partial charge on any atom is -0.450 e. The third-order valence-electron chi connectivity index (χ3n) is 3.58. The van der Waals surface area contributed by atoms with Crippen LogP contribution in [0.15, 0.2) is 33.5 Å². The summed E-state index contributed by atoms with van der Waals surface area (Å²) in [6.45, 7) is 1.43. The molecular weight excluding hydrogens is 338 g/mol. The van der Waals surface area contributed by atoms with Crippen LogP contribution >= 0.6 is 11.6 Å². The molecule has 7 nitrogen and oxygen atoms in total. The van der Waals surface area contributed by atoms with Crippen LogP contribution in [0, 0.1) is 0 Å². The molecule has 0 saturated carbocycles. The number of ether oxygens (including phenoxy) is 2. The number of fused-ring (bicyclic) bond motifs is 1. The van der Waals surface area contributed by atoms with Crippen molar-refractivity contribution in [2.24, 2.45) is 0 Å². The van der Waals surface area contributed by atoms with E-state index >= 15 is 0 Å². The molecule has 1 aromatic heterocycles. The van der Waals surface area contributed by atoms with Crippen LogP contribution in [0.25, 0.3) is 11.0 Å². The molecule has 0 aliphatic carbocycles. The molecule has 0 unspecified atom stereocenters. The first-order chi connectivity index (χ1) is 11.5. The average Bonchev–Trinajstić information content (AvgIpc) is 2.60. The van der Waals surface area contributed by atoms with Gasteiger partial charge in [-0.05, 0) is 18.2 Å². The number of hydrogen-bond donors (Lipinski definition) is 0. The van der Waals surface area contributed by atoms with E-state index in [4.69, 9.17) is 25.5 Å². The maximum absolute atomic E-state index is 12.0. The summed E-state index contributed by atoms with van der Waals surface area (Å²) in [7, 11) is 0. The summed E-state index contributed by atoms with van der Waals surface area (Å²) in [6, 6.07) is 5.53. The molecule has 3 rings (SSSR count). The van der Waals surface area contributed by atoms with Crippen molar-refractivity contribution in [1.29, 1.82) is 0 Å². The number of rotatable bonds is 3. The summed E-state index contributed by atoms with van der Waals surface area (Å²) in [5.74, 6) is -1.45. The zero-order valence-corrected chi connectivity index (χ0v) is 13.4. The van der Waals surface area contributed by atoms with Crippen molar-refractivity contribution in [2.45, 2.75) is 0 Å². The lowest BCUT2D eigenvalue weighted by molar-refractivity contribution is -0.138. The number of amides is 1. The molecule has 126 valence electrons. The minimum absolute atomic E-state index is 0.221. The number of nitrogens with zero attached hydrogens (tertiary/aromatic N) is 1. The van der Waals surface area contributed by atoms with Crippen molar-refractivity contribution in [3.8, 4) is 0 Å². The highest BCUT2D eigenvalue weighted by Crippen LogP contribution is 2.18. The summed E-state index contributed by atoms with van der Waals surface area (Å²) in [4.78, 5) is 37.5. The first kappa shape index (κ1) is 16.5. The lowest BCUT2D eigenvalue weighted by Gasteiger charge is -2.26. The molecule has 2 heterocycles.